The lowest BCUT2D eigenvalue weighted by Crippen LogP contribution is -2.35. The van der Waals surface area contributed by atoms with E-state index in [4.69, 9.17) is 11.6 Å². The van der Waals surface area contributed by atoms with E-state index in [9.17, 15) is 9.59 Å². The van der Waals surface area contributed by atoms with Gasteiger partial charge in [0.25, 0.3) is 0 Å². The number of carbonyl (C=O) groups is 2. The van der Waals surface area contributed by atoms with Crippen molar-refractivity contribution in [2.75, 3.05) is 10.6 Å². The van der Waals surface area contributed by atoms with Crippen LogP contribution < -0.4 is 10.6 Å². The smallest absolute Gasteiger partial charge is 0.240 e. The molecule has 0 spiro atoms. The summed E-state index contributed by atoms with van der Waals surface area (Å²) in [5, 5.41) is 6.38. The van der Waals surface area contributed by atoms with Gasteiger partial charge in [0.05, 0.1) is 0 Å². The van der Waals surface area contributed by atoms with Gasteiger partial charge < -0.3 is 10.6 Å². The molecule has 4 nitrogen and oxygen atoms in total. The van der Waals surface area contributed by atoms with Crippen LogP contribution in [0.2, 0.25) is 5.02 Å². The van der Waals surface area contributed by atoms with E-state index in [0.29, 0.717) is 23.6 Å². The Balaban J connectivity index is 1.74. The van der Waals surface area contributed by atoms with E-state index in [1.165, 1.54) is 0 Å². The molecule has 0 atom stereocenters. The lowest BCUT2D eigenvalue weighted by atomic mass is 10.0. The van der Waals surface area contributed by atoms with Crippen molar-refractivity contribution < 1.29 is 9.59 Å². The molecule has 0 radical (unpaired) electrons. The Morgan fingerprint density at radius 2 is 1.52 bits per heavy atom. The maximum atomic E-state index is 12.7. The fraction of sp³-hybridized carbons (Fsp3) is 0.300. The molecule has 2 aromatic rings. The van der Waals surface area contributed by atoms with Crippen molar-refractivity contribution in [1.82, 2.24) is 0 Å². The lowest BCUT2D eigenvalue weighted by Gasteiger charge is -2.17. The van der Waals surface area contributed by atoms with E-state index in [1.807, 2.05) is 39.0 Å². The van der Waals surface area contributed by atoms with Gasteiger partial charge in [-0.15, -0.1) is 0 Å². The number of nitrogens with one attached hydrogen (secondary N) is 2. The summed E-state index contributed by atoms with van der Waals surface area (Å²) in [5.41, 5.74) is 3.43. The minimum Gasteiger partial charge on any atom is -0.325 e. The second kappa shape index (κ2) is 6.52. The molecule has 130 valence electrons. The Hall–Kier alpha value is -2.33. The van der Waals surface area contributed by atoms with Crippen LogP contribution in [-0.4, -0.2) is 11.8 Å². The van der Waals surface area contributed by atoms with Gasteiger partial charge in [0.15, 0.2) is 0 Å². The average molecular weight is 357 g/mol. The minimum absolute atomic E-state index is 0.249. The average Bonchev–Trinajstić information content (AvgIpc) is 3.30. The maximum Gasteiger partial charge on any atom is 0.240 e. The number of benzene rings is 2. The molecule has 0 bridgehead atoms. The molecule has 0 unspecified atom stereocenters. The van der Waals surface area contributed by atoms with E-state index in [2.05, 4.69) is 10.6 Å². The predicted octanol–water partition coefficient (Wildman–Crippen LogP) is 4.62. The van der Waals surface area contributed by atoms with E-state index < -0.39 is 5.41 Å². The number of hydrogen-bond acceptors (Lipinski definition) is 2. The van der Waals surface area contributed by atoms with Crippen molar-refractivity contribution in [3.05, 3.63) is 58.1 Å². The molecule has 2 aromatic carbocycles. The normalized spacial score (nSPS) is 14.7. The first kappa shape index (κ1) is 17.5. The monoisotopic (exact) mass is 356 g/mol. The zero-order valence-electron chi connectivity index (χ0n) is 14.6. The fourth-order valence-electron chi connectivity index (χ4n) is 2.99. The van der Waals surface area contributed by atoms with Crippen molar-refractivity contribution in [3.8, 4) is 0 Å². The molecule has 2 N–H and O–H groups in total. The van der Waals surface area contributed by atoms with E-state index in [1.54, 1.807) is 18.2 Å². The number of hydrogen-bond donors (Lipinski definition) is 2. The quantitative estimate of drug-likeness (QED) is 0.785. The molecule has 1 fully saturated rings. The molecule has 1 saturated carbocycles. The van der Waals surface area contributed by atoms with Crippen LogP contribution in [0.4, 0.5) is 11.4 Å². The highest BCUT2D eigenvalue weighted by molar-refractivity contribution is 6.30. The van der Waals surface area contributed by atoms with Crippen molar-refractivity contribution in [2.24, 2.45) is 5.41 Å². The summed E-state index contributed by atoms with van der Waals surface area (Å²) < 4.78 is 0. The number of amides is 2. The second-order valence-corrected chi connectivity index (χ2v) is 7.26. The molecule has 2 amide bonds. The van der Waals surface area contributed by atoms with E-state index >= 15 is 0 Å². The van der Waals surface area contributed by atoms with Gasteiger partial charge in [-0.1, -0.05) is 17.7 Å². The van der Waals surface area contributed by atoms with Crippen LogP contribution >= 0.6 is 11.6 Å². The minimum atomic E-state index is -0.982. The molecule has 0 saturated heterocycles. The molecular weight excluding hydrogens is 336 g/mol. The second-order valence-electron chi connectivity index (χ2n) is 6.83. The zero-order chi connectivity index (χ0) is 18.2. The standard InChI is InChI=1S/C20H21ClN2O2/c1-12-8-13(2)10-16(9-12)22-18(24)20(6-7-20)19(25)23-17-5-4-15(21)11-14(17)3/h4-5,8-11H,6-7H2,1-3H3,(H,22,24)(H,23,25). The Bertz CT molecular complexity index is 837. The van der Waals surface area contributed by atoms with Crippen molar-refractivity contribution >= 4 is 34.8 Å². The molecular formula is C20H21ClN2O2. The Morgan fingerprint density at radius 3 is 2.08 bits per heavy atom. The molecule has 5 heteroatoms. The fourth-order valence-corrected chi connectivity index (χ4v) is 3.22. The van der Waals surface area contributed by atoms with E-state index in [0.717, 1.165) is 22.4 Å². The predicted molar refractivity (Wildman–Crippen MR) is 101 cm³/mol. The molecule has 3 rings (SSSR count). The topological polar surface area (TPSA) is 58.2 Å². The van der Waals surface area contributed by atoms with Gasteiger partial charge >= 0.3 is 0 Å². The van der Waals surface area contributed by atoms with Crippen LogP contribution in [0.15, 0.2) is 36.4 Å². The van der Waals surface area contributed by atoms with Gasteiger partial charge in [0, 0.05) is 16.4 Å². The number of carbonyl (C=O) groups excluding carboxylic acids is 2. The highest BCUT2D eigenvalue weighted by atomic mass is 35.5. The third-order valence-electron chi connectivity index (χ3n) is 4.54. The molecule has 0 aliphatic heterocycles. The molecule has 1 aliphatic carbocycles. The van der Waals surface area contributed by atoms with Crippen LogP contribution in [0.3, 0.4) is 0 Å². The van der Waals surface area contributed by atoms with Crippen LogP contribution in [0.25, 0.3) is 0 Å². The van der Waals surface area contributed by atoms with Crippen LogP contribution in [-0.2, 0) is 9.59 Å². The summed E-state index contributed by atoms with van der Waals surface area (Å²) >= 11 is 5.95. The first-order chi connectivity index (χ1) is 11.8. The summed E-state index contributed by atoms with van der Waals surface area (Å²) in [4.78, 5) is 25.4. The van der Waals surface area contributed by atoms with Gasteiger partial charge in [0.2, 0.25) is 11.8 Å². The lowest BCUT2D eigenvalue weighted by molar-refractivity contribution is -0.131. The maximum absolute atomic E-state index is 12.7. The van der Waals surface area contributed by atoms with Crippen LogP contribution in [0, 0.1) is 26.2 Å². The summed E-state index contributed by atoms with van der Waals surface area (Å²) in [7, 11) is 0. The third-order valence-corrected chi connectivity index (χ3v) is 4.77. The first-order valence-corrected chi connectivity index (χ1v) is 8.65. The molecule has 25 heavy (non-hydrogen) atoms. The summed E-state index contributed by atoms with van der Waals surface area (Å²) in [6.45, 7) is 5.83. The number of aryl methyl sites for hydroxylation is 3. The Kier molecular flexibility index (Phi) is 4.56. The SMILES string of the molecule is Cc1cc(C)cc(NC(=O)C2(C(=O)Nc3ccc(Cl)cc3C)CC2)c1. The first-order valence-electron chi connectivity index (χ1n) is 8.27. The van der Waals surface area contributed by atoms with Crippen molar-refractivity contribution in [1.29, 1.82) is 0 Å². The van der Waals surface area contributed by atoms with Gasteiger partial charge in [-0.05, 0) is 80.6 Å². The third kappa shape index (κ3) is 3.69. The van der Waals surface area contributed by atoms with Gasteiger partial charge in [-0.3, -0.25) is 9.59 Å². The summed E-state index contributed by atoms with van der Waals surface area (Å²) in [6.07, 6.45) is 1.12. The van der Waals surface area contributed by atoms with Gasteiger partial charge in [0.1, 0.15) is 5.41 Å². The zero-order valence-corrected chi connectivity index (χ0v) is 15.3. The number of anilines is 2. The van der Waals surface area contributed by atoms with Gasteiger partial charge in [-0.2, -0.15) is 0 Å². The van der Waals surface area contributed by atoms with Crippen molar-refractivity contribution in [3.63, 3.8) is 0 Å². The molecule has 0 aromatic heterocycles. The largest absolute Gasteiger partial charge is 0.325 e. The molecule has 0 heterocycles. The van der Waals surface area contributed by atoms with Crippen LogP contribution in [0.1, 0.15) is 29.5 Å². The Morgan fingerprint density at radius 1 is 0.920 bits per heavy atom. The Labute approximate surface area is 152 Å². The highest BCUT2D eigenvalue weighted by Crippen LogP contribution is 2.47. The summed E-state index contributed by atoms with van der Waals surface area (Å²) in [6, 6.07) is 11.1. The number of halogens is 1. The van der Waals surface area contributed by atoms with Crippen LogP contribution in [0.5, 0.6) is 0 Å². The highest BCUT2D eigenvalue weighted by Gasteiger charge is 2.56. The van der Waals surface area contributed by atoms with Crippen molar-refractivity contribution in [2.45, 2.75) is 33.6 Å². The van der Waals surface area contributed by atoms with E-state index in [-0.39, 0.29) is 11.8 Å². The summed E-state index contributed by atoms with van der Waals surface area (Å²) in [5.74, 6) is -0.513. The number of rotatable bonds is 4. The van der Waals surface area contributed by atoms with Gasteiger partial charge in [-0.25, -0.2) is 0 Å². The molecule has 1 aliphatic rings.